The van der Waals surface area contributed by atoms with Crippen LogP contribution in [0, 0.1) is 17.8 Å². The molecule has 2 unspecified atom stereocenters. The van der Waals surface area contributed by atoms with Crippen LogP contribution in [0.25, 0.3) is 0 Å². The quantitative estimate of drug-likeness (QED) is 0.710. The Morgan fingerprint density at radius 3 is 2.21 bits per heavy atom. The minimum absolute atomic E-state index is 0.319. The third kappa shape index (κ3) is 2.71. The van der Waals surface area contributed by atoms with Crippen molar-refractivity contribution in [2.45, 2.75) is 45.6 Å². The molecular formula is C12H25NO. The smallest absolute Gasteiger partial charge is 0.0476 e. The first-order chi connectivity index (χ1) is 6.70. The molecule has 0 bridgehead atoms. The van der Waals surface area contributed by atoms with Crippen molar-refractivity contribution in [3.8, 4) is 0 Å². The van der Waals surface area contributed by atoms with Crippen LogP contribution in [0.1, 0.15) is 39.5 Å². The van der Waals surface area contributed by atoms with Crippen LogP contribution in [0.5, 0.6) is 0 Å². The Kier molecular flexibility index (Phi) is 4.90. The average molecular weight is 199 g/mol. The zero-order chi connectivity index (χ0) is 10.6. The molecule has 0 spiro atoms. The molecule has 0 aromatic carbocycles. The van der Waals surface area contributed by atoms with Gasteiger partial charge >= 0.3 is 0 Å². The maximum atomic E-state index is 9.42. The normalized spacial score (nSPS) is 22.9. The standard InChI is InChI=1S/C12H25NO/c1-9(2)11(8-14)12(13-3)10-6-4-5-7-10/h9-14H,4-8H2,1-3H3. The van der Waals surface area contributed by atoms with Gasteiger partial charge in [0, 0.05) is 12.6 Å². The highest BCUT2D eigenvalue weighted by Crippen LogP contribution is 2.32. The molecule has 2 nitrogen and oxygen atoms in total. The first kappa shape index (κ1) is 12.0. The highest BCUT2D eigenvalue weighted by atomic mass is 16.3. The zero-order valence-corrected chi connectivity index (χ0v) is 9.79. The lowest BCUT2D eigenvalue weighted by Crippen LogP contribution is -2.43. The Morgan fingerprint density at radius 1 is 1.29 bits per heavy atom. The van der Waals surface area contributed by atoms with Gasteiger partial charge in [0.2, 0.25) is 0 Å². The summed E-state index contributed by atoms with van der Waals surface area (Å²) in [6.07, 6.45) is 5.43. The van der Waals surface area contributed by atoms with Gasteiger partial charge in [-0.25, -0.2) is 0 Å². The van der Waals surface area contributed by atoms with E-state index >= 15 is 0 Å². The number of rotatable bonds is 5. The van der Waals surface area contributed by atoms with Crippen molar-refractivity contribution < 1.29 is 5.11 Å². The van der Waals surface area contributed by atoms with Gasteiger partial charge in [0.1, 0.15) is 0 Å². The number of hydrogen-bond donors (Lipinski definition) is 2. The van der Waals surface area contributed by atoms with E-state index in [0.717, 1.165) is 5.92 Å². The van der Waals surface area contributed by atoms with Crippen molar-refractivity contribution in [2.24, 2.45) is 17.8 Å². The maximum absolute atomic E-state index is 9.42. The summed E-state index contributed by atoms with van der Waals surface area (Å²) in [4.78, 5) is 0. The van der Waals surface area contributed by atoms with Gasteiger partial charge < -0.3 is 10.4 Å². The average Bonchev–Trinajstić information content (AvgIpc) is 2.65. The largest absolute Gasteiger partial charge is 0.396 e. The van der Waals surface area contributed by atoms with E-state index in [4.69, 9.17) is 0 Å². The summed E-state index contributed by atoms with van der Waals surface area (Å²) in [5, 5.41) is 12.8. The van der Waals surface area contributed by atoms with E-state index in [1.165, 1.54) is 25.7 Å². The van der Waals surface area contributed by atoms with E-state index in [2.05, 4.69) is 19.2 Å². The van der Waals surface area contributed by atoms with Crippen molar-refractivity contribution in [1.82, 2.24) is 5.32 Å². The monoisotopic (exact) mass is 199 g/mol. The lowest BCUT2D eigenvalue weighted by Gasteiger charge is -2.33. The van der Waals surface area contributed by atoms with Crippen LogP contribution < -0.4 is 5.32 Å². The van der Waals surface area contributed by atoms with E-state index < -0.39 is 0 Å². The molecule has 0 aromatic heterocycles. The SMILES string of the molecule is CNC(C1CCCC1)C(CO)C(C)C. The molecule has 1 fully saturated rings. The molecule has 1 aliphatic rings. The molecule has 1 aliphatic carbocycles. The van der Waals surface area contributed by atoms with Crippen molar-refractivity contribution >= 4 is 0 Å². The molecular weight excluding hydrogens is 174 g/mol. The van der Waals surface area contributed by atoms with Gasteiger partial charge in [0.05, 0.1) is 0 Å². The Morgan fingerprint density at radius 2 is 1.86 bits per heavy atom. The number of hydrogen-bond acceptors (Lipinski definition) is 2. The van der Waals surface area contributed by atoms with Gasteiger partial charge in [0.15, 0.2) is 0 Å². The molecule has 14 heavy (non-hydrogen) atoms. The first-order valence-electron chi connectivity index (χ1n) is 5.98. The fourth-order valence-corrected chi connectivity index (χ4v) is 2.85. The molecule has 1 saturated carbocycles. The summed E-state index contributed by atoms with van der Waals surface area (Å²) in [5.41, 5.74) is 0. The van der Waals surface area contributed by atoms with Crippen molar-refractivity contribution in [3.05, 3.63) is 0 Å². The second kappa shape index (κ2) is 5.72. The second-order valence-corrected chi connectivity index (χ2v) is 4.95. The van der Waals surface area contributed by atoms with Gasteiger partial charge in [-0.05, 0) is 37.6 Å². The van der Waals surface area contributed by atoms with E-state index in [0.29, 0.717) is 24.5 Å². The lowest BCUT2D eigenvalue weighted by molar-refractivity contribution is 0.126. The molecule has 0 radical (unpaired) electrons. The molecule has 0 saturated heterocycles. The van der Waals surface area contributed by atoms with Crippen LogP contribution >= 0.6 is 0 Å². The Hall–Kier alpha value is -0.0800. The Labute approximate surface area is 88.1 Å². The summed E-state index contributed by atoms with van der Waals surface area (Å²) in [6, 6.07) is 0.516. The third-order valence-electron chi connectivity index (χ3n) is 3.77. The molecule has 2 N–H and O–H groups in total. The minimum Gasteiger partial charge on any atom is -0.396 e. The number of nitrogens with one attached hydrogen (secondary N) is 1. The van der Waals surface area contributed by atoms with Gasteiger partial charge in [-0.3, -0.25) is 0 Å². The minimum atomic E-state index is 0.319. The van der Waals surface area contributed by atoms with Gasteiger partial charge in [-0.15, -0.1) is 0 Å². The number of aliphatic hydroxyl groups is 1. The fourth-order valence-electron chi connectivity index (χ4n) is 2.85. The van der Waals surface area contributed by atoms with Gasteiger partial charge in [-0.1, -0.05) is 26.7 Å². The fraction of sp³-hybridized carbons (Fsp3) is 1.00. The van der Waals surface area contributed by atoms with E-state index in [-0.39, 0.29) is 0 Å². The molecule has 0 aliphatic heterocycles. The molecule has 0 amide bonds. The van der Waals surface area contributed by atoms with Crippen LogP contribution in [-0.4, -0.2) is 24.8 Å². The molecule has 0 aromatic rings. The molecule has 1 rings (SSSR count). The van der Waals surface area contributed by atoms with Crippen LogP contribution in [0.4, 0.5) is 0 Å². The highest BCUT2D eigenvalue weighted by molar-refractivity contribution is 4.86. The predicted octanol–water partition coefficient (Wildman–Crippen LogP) is 2.03. The number of aliphatic hydroxyl groups excluding tert-OH is 1. The maximum Gasteiger partial charge on any atom is 0.0476 e. The predicted molar refractivity (Wildman–Crippen MR) is 60.2 cm³/mol. The topological polar surface area (TPSA) is 32.3 Å². The molecule has 2 atom stereocenters. The van der Waals surface area contributed by atoms with Crippen LogP contribution in [0.15, 0.2) is 0 Å². The van der Waals surface area contributed by atoms with Gasteiger partial charge in [-0.2, -0.15) is 0 Å². The zero-order valence-electron chi connectivity index (χ0n) is 9.79. The van der Waals surface area contributed by atoms with E-state index in [1.807, 2.05) is 7.05 Å². The highest BCUT2D eigenvalue weighted by Gasteiger charge is 2.31. The Bertz CT molecular complexity index is 152. The Balaban J connectivity index is 2.57. The van der Waals surface area contributed by atoms with Crippen LogP contribution in [0.3, 0.4) is 0 Å². The summed E-state index contributed by atoms with van der Waals surface area (Å²) in [7, 11) is 2.04. The second-order valence-electron chi connectivity index (χ2n) is 4.95. The van der Waals surface area contributed by atoms with E-state index in [1.54, 1.807) is 0 Å². The van der Waals surface area contributed by atoms with E-state index in [9.17, 15) is 5.11 Å². The van der Waals surface area contributed by atoms with Crippen molar-refractivity contribution in [3.63, 3.8) is 0 Å². The summed E-state index contributed by atoms with van der Waals surface area (Å²) >= 11 is 0. The third-order valence-corrected chi connectivity index (χ3v) is 3.77. The van der Waals surface area contributed by atoms with Gasteiger partial charge in [0.25, 0.3) is 0 Å². The molecule has 0 heterocycles. The van der Waals surface area contributed by atoms with Crippen LogP contribution in [0.2, 0.25) is 0 Å². The van der Waals surface area contributed by atoms with Crippen LogP contribution in [-0.2, 0) is 0 Å². The van der Waals surface area contributed by atoms with Crippen molar-refractivity contribution in [2.75, 3.05) is 13.7 Å². The summed E-state index contributed by atoms with van der Waals surface area (Å²) in [5.74, 6) is 1.78. The molecule has 84 valence electrons. The lowest BCUT2D eigenvalue weighted by atomic mass is 9.81. The summed E-state index contributed by atoms with van der Waals surface area (Å²) in [6.45, 7) is 4.74. The summed E-state index contributed by atoms with van der Waals surface area (Å²) < 4.78 is 0. The van der Waals surface area contributed by atoms with Crippen molar-refractivity contribution in [1.29, 1.82) is 0 Å². The first-order valence-corrected chi connectivity index (χ1v) is 5.98. The molecule has 2 heteroatoms.